The van der Waals surface area contributed by atoms with E-state index in [9.17, 15) is 14.7 Å². The number of aliphatic carboxylic acids is 1. The monoisotopic (exact) mass is 298 g/mol. The Labute approximate surface area is 126 Å². The number of amides is 2. The molecule has 0 aromatic heterocycles. The van der Waals surface area contributed by atoms with Gasteiger partial charge < -0.3 is 19.6 Å². The lowest BCUT2D eigenvalue weighted by Gasteiger charge is -2.41. The van der Waals surface area contributed by atoms with Crippen LogP contribution in [-0.2, 0) is 9.53 Å². The zero-order chi connectivity index (χ0) is 15.5. The van der Waals surface area contributed by atoms with Gasteiger partial charge in [-0.15, -0.1) is 0 Å². The van der Waals surface area contributed by atoms with E-state index in [0.29, 0.717) is 52.0 Å². The van der Waals surface area contributed by atoms with Gasteiger partial charge in [-0.2, -0.15) is 0 Å². The van der Waals surface area contributed by atoms with Crippen LogP contribution in [-0.4, -0.2) is 65.8 Å². The predicted molar refractivity (Wildman–Crippen MR) is 78.2 cm³/mol. The molecule has 1 atom stereocenters. The van der Waals surface area contributed by atoms with Crippen LogP contribution in [0.1, 0.15) is 39.5 Å². The highest BCUT2D eigenvalue weighted by atomic mass is 16.5. The molecule has 120 valence electrons. The van der Waals surface area contributed by atoms with Gasteiger partial charge in [-0.3, -0.25) is 4.79 Å². The van der Waals surface area contributed by atoms with E-state index < -0.39 is 11.4 Å². The molecule has 0 saturated carbocycles. The molecule has 6 nitrogen and oxygen atoms in total. The Morgan fingerprint density at radius 3 is 2.43 bits per heavy atom. The first-order valence-corrected chi connectivity index (χ1v) is 7.87. The van der Waals surface area contributed by atoms with Crippen LogP contribution in [0.2, 0.25) is 0 Å². The third kappa shape index (κ3) is 3.48. The quantitative estimate of drug-likeness (QED) is 0.862. The summed E-state index contributed by atoms with van der Waals surface area (Å²) >= 11 is 0. The summed E-state index contributed by atoms with van der Waals surface area (Å²) in [6.45, 7) is 6.88. The minimum atomic E-state index is -0.712. The first-order valence-electron chi connectivity index (χ1n) is 7.87. The largest absolute Gasteiger partial charge is 0.481 e. The van der Waals surface area contributed by atoms with Crippen molar-refractivity contribution >= 4 is 12.0 Å². The number of ether oxygens (including phenoxy) is 1. The predicted octanol–water partition coefficient (Wildman–Crippen LogP) is 1.79. The highest BCUT2D eigenvalue weighted by Crippen LogP contribution is 2.36. The first kappa shape index (κ1) is 16.1. The second-order valence-corrected chi connectivity index (χ2v) is 6.23. The lowest BCUT2D eigenvalue weighted by molar-refractivity contribution is -0.152. The van der Waals surface area contributed by atoms with E-state index in [-0.39, 0.29) is 12.1 Å². The summed E-state index contributed by atoms with van der Waals surface area (Å²) in [6.07, 6.45) is 2.75. The van der Waals surface area contributed by atoms with Gasteiger partial charge in [0.2, 0.25) is 0 Å². The molecule has 0 aliphatic carbocycles. The van der Waals surface area contributed by atoms with Crippen molar-refractivity contribution in [3.63, 3.8) is 0 Å². The Morgan fingerprint density at radius 2 is 1.90 bits per heavy atom. The number of carbonyl (C=O) groups excluding carboxylic acids is 1. The van der Waals surface area contributed by atoms with Gasteiger partial charge in [0.15, 0.2) is 0 Å². The number of rotatable bonds is 3. The van der Waals surface area contributed by atoms with Gasteiger partial charge in [-0.25, -0.2) is 4.79 Å². The molecule has 0 radical (unpaired) electrons. The Morgan fingerprint density at radius 1 is 1.24 bits per heavy atom. The highest BCUT2D eigenvalue weighted by Gasteiger charge is 2.42. The number of piperidine rings is 1. The average molecular weight is 298 g/mol. The maximum atomic E-state index is 12.5. The summed E-state index contributed by atoms with van der Waals surface area (Å²) in [5.74, 6) is -0.712. The summed E-state index contributed by atoms with van der Waals surface area (Å²) in [7, 11) is 0. The van der Waals surface area contributed by atoms with Crippen LogP contribution < -0.4 is 0 Å². The molecule has 0 aromatic rings. The van der Waals surface area contributed by atoms with Crippen molar-refractivity contribution in [2.24, 2.45) is 5.41 Å². The van der Waals surface area contributed by atoms with Crippen molar-refractivity contribution in [1.82, 2.24) is 9.80 Å². The van der Waals surface area contributed by atoms with Gasteiger partial charge in [0, 0.05) is 26.2 Å². The zero-order valence-electron chi connectivity index (χ0n) is 13.0. The van der Waals surface area contributed by atoms with Crippen LogP contribution in [0, 0.1) is 5.41 Å². The zero-order valence-corrected chi connectivity index (χ0v) is 13.0. The van der Waals surface area contributed by atoms with E-state index in [4.69, 9.17) is 4.74 Å². The van der Waals surface area contributed by atoms with Crippen LogP contribution in [0.5, 0.6) is 0 Å². The van der Waals surface area contributed by atoms with Gasteiger partial charge >= 0.3 is 12.0 Å². The molecule has 0 aromatic carbocycles. The molecule has 0 spiro atoms. The highest BCUT2D eigenvalue weighted by molar-refractivity contribution is 5.77. The first-order chi connectivity index (χ1) is 9.98. The van der Waals surface area contributed by atoms with Crippen molar-refractivity contribution in [2.75, 3.05) is 32.8 Å². The molecule has 2 saturated heterocycles. The molecule has 2 fully saturated rings. The number of hydrogen-bond donors (Lipinski definition) is 1. The molecule has 1 N–H and O–H groups in total. The van der Waals surface area contributed by atoms with Crippen molar-refractivity contribution in [2.45, 2.75) is 45.6 Å². The Balaban J connectivity index is 1.93. The van der Waals surface area contributed by atoms with Crippen molar-refractivity contribution in [3.8, 4) is 0 Å². The SMILES string of the molecule is CCCC1(C(=O)O)CCN(C(=O)N2CCOC(C)C2)CC1. The van der Waals surface area contributed by atoms with E-state index in [1.54, 1.807) is 4.90 Å². The molecular formula is C15H26N2O4. The minimum Gasteiger partial charge on any atom is -0.481 e. The van der Waals surface area contributed by atoms with E-state index in [1.807, 2.05) is 18.7 Å². The molecule has 2 amide bonds. The number of carbonyl (C=O) groups is 2. The number of carboxylic acids is 1. The summed E-state index contributed by atoms with van der Waals surface area (Å²) in [6, 6.07) is 0.0284. The summed E-state index contributed by atoms with van der Waals surface area (Å²) < 4.78 is 5.45. The van der Waals surface area contributed by atoms with Crippen molar-refractivity contribution < 1.29 is 19.4 Å². The molecular weight excluding hydrogens is 272 g/mol. The Kier molecular flexibility index (Phi) is 5.08. The second kappa shape index (κ2) is 6.64. The van der Waals surface area contributed by atoms with Crippen LogP contribution in [0.3, 0.4) is 0 Å². The number of hydrogen-bond acceptors (Lipinski definition) is 3. The summed E-state index contributed by atoms with van der Waals surface area (Å²) in [5, 5.41) is 9.50. The third-order valence-electron chi connectivity index (χ3n) is 4.68. The number of nitrogens with zero attached hydrogens (tertiary/aromatic N) is 2. The van der Waals surface area contributed by atoms with E-state index in [1.165, 1.54) is 0 Å². The van der Waals surface area contributed by atoms with E-state index in [2.05, 4.69) is 0 Å². The fourth-order valence-corrected chi connectivity index (χ4v) is 3.37. The Hall–Kier alpha value is -1.30. The molecule has 21 heavy (non-hydrogen) atoms. The fourth-order valence-electron chi connectivity index (χ4n) is 3.37. The van der Waals surface area contributed by atoms with Gasteiger partial charge in [-0.05, 0) is 26.2 Å². The van der Waals surface area contributed by atoms with Gasteiger partial charge in [0.1, 0.15) is 0 Å². The van der Waals surface area contributed by atoms with Crippen LogP contribution in [0.15, 0.2) is 0 Å². The lowest BCUT2D eigenvalue weighted by Crippen LogP contribution is -2.54. The second-order valence-electron chi connectivity index (χ2n) is 6.23. The minimum absolute atomic E-state index is 0.0284. The van der Waals surface area contributed by atoms with E-state index >= 15 is 0 Å². The fraction of sp³-hybridized carbons (Fsp3) is 0.867. The maximum Gasteiger partial charge on any atom is 0.320 e. The molecule has 2 aliphatic rings. The average Bonchev–Trinajstić information content (AvgIpc) is 2.47. The molecule has 2 rings (SSSR count). The van der Waals surface area contributed by atoms with Crippen molar-refractivity contribution in [3.05, 3.63) is 0 Å². The summed E-state index contributed by atoms with van der Waals surface area (Å²) in [4.78, 5) is 27.7. The number of likely N-dealkylation sites (tertiary alicyclic amines) is 1. The molecule has 1 unspecified atom stereocenters. The number of carboxylic acid groups (broad SMARTS) is 1. The lowest BCUT2D eigenvalue weighted by atomic mass is 9.75. The van der Waals surface area contributed by atoms with Gasteiger partial charge in [0.25, 0.3) is 0 Å². The van der Waals surface area contributed by atoms with E-state index in [0.717, 1.165) is 6.42 Å². The van der Waals surface area contributed by atoms with Crippen molar-refractivity contribution in [1.29, 1.82) is 0 Å². The molecule has 2 aliphatic heterocycles. The Bertz CT molecular complexity index is 391. The topological polar surface area (TPSA) is 70.1 Å². The number of urea groups is 1. The van der Waals surface area contributed by atoms with Gasteiger partial charge in [-0.1, -0.05) is 13.3 Å². The smallest absolute Gasteiger partial charge is 0.320 e. The standard InChI is InChI=1S/C15H26N2O4/c1-3-4-15(13(18)19)5-7-16(8-6-15)14(20)17-9-10-21-12(2)11-17/h12H,3-11H2,1-2H3,(H,18,19). The van der Waals surface area contributed by atoms with Crippen LogP contribution in [0.4, 0.5) is 4.79 Å². The molecule has 0 bridgehead atoms. The third-order valence-corrected chi connectivity index (χ3v) is 4.68. The van der Waals surface area contributed by atoms with Crippen LogP contribution >= 0.6 is 0 Å². The summed E-state index contributed by atoms with van der Waals surface area (Å²) in [5.41, 5.74) is -0.635. The van der Waals surface area contributed by atoms with Gasteiger partial charge in [0.05, 0.1) is 18.1 Å². The maximum absolute atomic E-state index is 12.5. The van der Waals surface area contributed by atoms with Crippen LogP contribution in [0.25, 0.3) is 0 Å². The molecule has 6 heteroatoms. The number of morpholine rings is 1. The molecule has 2 heterocycles. The normalized spacial score (nSPS) is 25.7.